The first-order valence-corrected chi connectivity index (χ1v) is 6.75. The highest BCUT2D eigenvalue weighted by Gasteiger charge is 2.09. The smallest absolute Gasteiger partial charge is 0.228 e. The average molecular weight is 340 g/mol. The lowest BCUT2D eigenvalue weighted by molar-refractivity contribution is -0.115. The van der Waals surface area contributed by atoms with Crippen LogP contribution in [0.4, 0.5) is 14.5 Å². The second kappa shape index (κ2) is 6.13. The highest BCUT2D eigenvalue weighted by molar-refractivity contribution is 9.10. The summed E-state index contributed by atoms with van der Waals surface area (Å²) in [4.78, 5) is 11.9. The molecule has 0 saturated heterocycles. The molecule has 0 atom stereocenters. The molecule has 0 aliphatic carbocycles. The number of hydrogen-bond acceptors (Lipinski definition) is 1. The number of carbonyl (C=O) groups is 1. The molecule has 0 aromatic heterocycles. The summed E-state index contributed by atoms with van der Waals surface area (Å²) in [7, 11) is 0. The summed E-state index contributed by atoms with van der Waals surface area (Å²) in [5, 5.41) is 2.72. The van der Waals surface area contributed by atoms with Crippen LogP contribution in [-0.2, 0) is 11.2 Å². The number of nitrogens with one attached hydrogen (secondary N) is 1. The summed E-state index contributed by atoms with van der Waals surface area (Å²) >= 11 is 3.36. The minimum atomic E-state index is -0.952. The predicted molar refractivity (Wildman–Crippen MR) is 77.6 cm³/mol. The Bertz CT molecular complexity index is 658. The average Bonchev–Trinajstić information content (AvgIpc) is 2.37. The van der Waals surface area contributed by atoms with E-state index in [-0.39, 0.29) is 12.3 Å². The molecule has 0 heterocycles. The van der Waals surface area contributed by atoms with E-state index in [1.165, 1.54) is 6.07 Å². The van der Waals surface area contributed by atoms with E-state index in [0.717, 1.165) is 22.2 Å². The number of anilines is 1. The monoisotopic (exact) mass is 339 g/mol. The maximum atomic E-state index is 13.1. The van der Waals surface area contributed by atoms with Crippen LogP contribution in [0.5, 0.6) is 0 Å². The first-order chi connectivity index (χ1) is 9.45. The van der Waals surface area contributed by atoms with Crippen molar-refractivity contribution in [3.63, 3.8) is 0 Å². The highest BCUT2D eigenvalue weighted by Crippen LogP contribution is 2.23. The van der Waals surface area contributed by atoms with E-state index in [2.05, 4.69) is 21.2 Å². The fourth-order valence-electron chi connectivity index (χ4n) is 1.75. The predicted octanol–water partition coefficient (Wildman–Crippen LogP) is 4.22. The summed E-state index contributed by atoms with van der Waals surface area (Å²) < 4.78 is 26.6. The lowest BCUT2D eigenvalue weighted by atomic mass is 10.1. The van der Waals surface area contributed by atoms with Crippen LogP contribution < -0.4 is 5.32 Å². The molecule has 20 heavy (non-hydrogen) atoms. The second-order valence-electron chi connectivity index (χ2n) is 4.46. The number of rotatable bonds is 3. The van der Waals surface area contributed by atoms with Crippen molar-refractivity contribution in [1.82, 2.24) is 0 Å². The number of carbonyl (C=O) groups excluding carboxylic acids is 1. The molecule has 0 saturated carbocycles. The maximum absolute atomic E-state index is 13.1. The van der Waals surface area contributed by atoms with Gasteiger partial charge in [0.25, 0.3) is 0 Å². The van der Waals surface area contributed by atoms with E-state index >= 15 is 0 Å². The number of benzene rings is 2. The van der Waals surface area contributed by atoms with Crippen LogP contribution in [0.1, 0.15) is 11.1 Å². The van der Waals surface area contributed by atoms with Gasteiger partial charge in [-0.25, -0.2) is 8.78 Å². The molecule has 2 aromatic carbocycles. The van der Waals surface area contributed by atoms with E-state index < -0.39 is 11.6 Å². The van der Waals surface area contributed by atoms with Crippen LogP contribution in [-0.4, -0.2) is 5.91 Å². The lowest BCUT2D eigenvalue weighted by Gasteiger charge is -2.08. The molecule has 0 aliphatic rings. The molecular formula is C15H12BrF2NO. The fourth-order valence-corrected chi connectivity index (χ4v) is 2.34. The Balaban J connectivity index is 2.07. The topological polar surface area (TPSA) is 29.1 Å². The van der Waals surface area contributed by atoms with Gasteiger partial charge in [-0.2, -0.15) is 0 Å². The first kappa shape index (κ1) is 14.7. The normalized spacial score (nSPS) is 10.4. The van der Waals surface area contributed by atoms with E-state index in [1.54, 1.807) is 6.07 Å². The van der Waals surface area contributed by atoms with Crippen molar-refractivity contribution in [2.75, 3.05) is 5.32 Å². The van der Waals surface area contributed by atoms with Crippen molar-refractivity contribution >= 4 is 27.5 Å². The van der Waals surface area contributed by atoms with E-state index in [0.29, 0.717) is 11.3 Å². The third-order valence-corrected chi connectivity index (χ3v) is 3.40. The Hall–Kier alpha value is -1.75. The molecule has 104 valence electrons. The van der Waals surface area contributed by atoms with Crippen LogP contribution in [0.2, 0.25) is 0 Å². The van der Waals surface area contributed by atoms with Crippen molar-refractivity contribution in [3.8, 4) is 0 Å². The van der Waals surface area contributed by atoms with Crippen LogP contribution in [0.25, 0.3) is 0 Å². The summed E-state index contributed by atoms with van der Waals surface area (Å²) in [6, 6.07) is 8.97. The molecule has 0 spiro atoms. The molecule has 0 radical (unpaired) electrons. The number of hydrogen-bond donors (Lipinski definition) is 1. The van der Waals surface area contributed by atoms with Gasteiger partial charge < -0.3 is 5.32 Å². The Morgan fingerprint density at radius 1 is 1.15 bits per heavy atom. The fraction of sp³-hybridized carbons (Fsp3) is 0.133. The van der Waals surface area contributed by atoms with Gasteiger partial charge in [0, 0.05) is 4.47 Å². The minimum Gasteiger partial charge on any atom is -0.325 e. The standard InChI is InChI=1S/C15H12BrF2NO/c1-9-2-5-14(11(16)6-9)19-15(20)8-10-3-4-12(17)13(18)7-10/h2-7H,8H2,1H3,(H,19,20). The van der Waals surface area contributed by atoms with E-state index in [9.17, 15) is 13.6 Å². The van der Waals surface area contributed by atoms with Crippen molar-refractivity contribution < 1.29 is 13.6 Å². The van der Waals surface area contributed by atoms with Crippen LogP contribution in [0, 0.1) is 18.6 Å². The molecule has 1 N–H and O–H groups in total. The van der Waals surface area contributed by atoms with E-state index in [1.807, 2.05) is 19.1 Å². The minimum absolute atomic E-state index is 0.0164. The number of aryl methyl sites for hydroxylation is 1. The molecular weight excluding hydrogens is 328 g/mol. The zero-order chi connectivity index (χ0) is 14.7. The van der Waals surface area contributed by atoms with Gasteiger partial charge in [-0.1, -0.05) is 12.1 Å². The third kappa shape index (κ3) is 3.63. The molecule has 0 bridgehead atoms. The lowest BCUT2D eigenvalue weighted by Crippen LogP contribution is -2.15. The van der Waals surface area contributed by atoms with Crippen LogP contribution >= 0.6 is 15.9 Å². The molecule has 0 fully saturated rings. The Labute approximate surface area is 123 Å². The summed E-state index contributed by atoms with van der Waals surface area (Å²) in [6.45, 7) is 1.94. The maximum Gasteiger partial charge on any atom is 0.228 e. The van der Waals surface area contributed by atoms with Gasteiger partial charge in [-0.05, 0) is 58.2 Å². The van der Waals surface area contributed by atoms with Crippen molar-refractivity contribution in [2.24, 2.45) is 0 Å². The second-order valence-corrected chi connectivity index (χ2v) is 5.31. The van der Waals surface area contributed by atoms with Gasteiger partial charge in [0.1, 0.15) is 0 Å². The summed E-state index contributed by atoms with van der Waals surface area (Å²) in [5.41, 5.74) is 2.13. The first-order valence-electron chi connectivity index (χ1n) is 5.95. The Morgan fingerprint density at radius 3 is 2.55 bits per heavy atom. The van der Waals surface area contributed by atoms with Gasteiger partial charge in [-0.15, -0.1) is 0 Å². The molecule has 2 aromatic rings. The largest absolute Gasteiger partial charge is 0.325 e. The quantitative estimate of drug-likeness (QED) is 0.891. The molecule has 2 rings (SSSR count). The number of halogens is 3. The van der Waals surface area contributed by atoms with Gasteiger partial charge in [0.15, 0.2) is 11.6 Å². The van der Waals surface area contributed by atoms with Crippen molar-refractivity contribution in [2.45, 2.75) is 13.3 Å². The molecule has 2 nitrogen and oxygen atoms in total. The SMILES string of the molecule is Cc1ccc(NC(=O)Cc2ccc(F)c(F)c2)c(Br)c1. The van der Waals surface area contributed by atoms with Crippen LogP contribution in [0.3, 0.4) is 0 Å². The summed E-state index contributed by atoms with van der Waals surface area (Å²) in [5.74, 6) is -2.16. The van der Waals surface area contributed by atoms with E-state index in [4.69, 9.17) is 0 Å². The number of amides is 1. The Morgan fingerprint density at radius 2 is 1.90 bits per heavy atom. The molecule has 1 amide bonds. The van der Waals surface area contributed by atoms with Crippen molar-refractivity contribution in [1.29, 1.82) is 0 Å². The summed E-state index contributed by atoms with van der Waals surface area (Å²) in [6.07, 6.45) is -0.0164. The highest BCUT2D eigenvalue weighted by atomic mass is 79.9. The Kier molecular flexibility index (Phi) is 4.49. The zero-order valence-corrected chi connectivity index (χ0v) is 12.3. The van der Waals surface area contributed by atoms with Gasteiger partial charge in [0.2, 0.25) is 5.91 Å². The molecule has 5 heteroatoms. The van der Waals surface area contributed by atoms with Crippen molar-refractivity contribution in [3.05, 3.63) is 63.6 Å². The molecule has 0 aliphatic heterocycles. The van der Waals surface area contributed by atoms with Gasteiger partial charge in [0.05, 0.1) is 12.1 Å². The van der Waals surface area contributed by atoms with Gasteiger partial charge in [-0.3, -0.25) is 4.79 Å². The zero-order valence-electron chi connectivity index (χ0n) is 10.7. The van der Waals surface area contributed by atoms with Crippen LogP contribution in [0.15, 0.2) is 40.9 Å². The molecule has 0 unspecified atom stereocenters. The van der Waals surface area contributed by atoms with Gasteiger partial charge >= 0.3 is 0 Å². The third-order valence-electron chi connectivity index (χ3n) is 2.75.